The summed E-state index contributed by atoms with van der Waals surface area (Å²) >= 11 is 0. The lowest BCUT2D eigenvalue weighted by molar-refractivity contribution is 0.0918. The number of hydrogen-bond donors (Lipinski definition) is 3. The third-order valence-electron chi connectivity index (χ3n) is 4.42. The summed E-state index contributed by atoms with van der Waals surface area (Å²) < 4.78 is 7.47. The number of nitrogens with zero attached hydrogens (tertiary/aromatic N) is 4. The normalized spacial score (nSPS) is 11.8. The van der Waals surface area contributed by atoms with Crippen molar-refractivity contribution in [2.45, 2.75) is 19.1 Å². The average molecular weight is 393 g/mol. The van der Waals surface area contributed by atoms with E-state index in [1.54, 1.807) is 31.6 Å². The van der Waals surface area contributed by atoms with E-state index in [9.17, 15) is 4.79 Å². The number of methoxy groups -OCH3 is 1. The Morgan fingerprint density at radius 2 is 2.21 bits per heavy atom. The molecule has 9 nitrogen and oxygen atoms in total. The molecule has 0 aliphatic carbocycles. The minimum atomic E-state index is -0.463. The molecule has 150 valence electrons. The maximum atomic E-state index is 11.2. The van der Waals surface area contributed by atoms with E-state index in [-0.39, 0.29) is 6.10 Å². The molecule has 1 amide bonds. The highest BCUT2D eigenvalue weighted by Crippen LogP contribution is 2.15. The predicted molar refractivity (Wildman–Crippen MR) is 110 cm³/mol. The van der Waals surface area contributed by atoms with Crippen molar-refractivity contribution < 1.29 is 9.53 Å². The van der Waals surface area contributed by atoms with Gasteiger partial charge in [0.15, 0.2) is 11.5 Å². The van der Waals surface area contributed by atoms with Gasteiger partial charge in [0.2, 0.25) is 5.91 Å². The van der Waals surface area contributed by atoms with E-state index in [1.165, 1.54) is 6.33 Å². The van der Waals surface area contributed by atoms with Crippen LogP contribution in [0, 0.1) is 11.8 Å². The van der Waals surface area contributed by atoms with Crippen LogP contribution in [0.2, 0.25) is 0 Å². The Labute approximate surface area is 168 Å². The number of hydrogen-bond acceptors (Lipinski definition) is 7. The number of fused-ring (bicyclic) bond motifs is 1. The molecule has 0 aliphatic heterocycles. The molecule has 5 N–H and O–H groups in total. The van der Waals surface area contributed by atoms with Crippen LogP contribution in [0.15, 0.2) is 36.9 Å². The summed E-state index contributed by atoms with van der Waals surface area (Å²) in [5.41, 5.74) is 13.6. The third kappa shape index (κ3) is 5.28. The summed E-state index contributed by atoms with van der Waals surface area (Å²) in [5.74, 6) is 5.95. The SMILES string of the molecule is COC(CCn1cnc2c(N)ncnc21)CNCC#Cc1cccc(C(N)=O)c1. The molecule has 3 rings (SSSR count). The summed E-state index contributed by atoms with van der Waals surface area (Å²) in [6, 6.07) is 6.94. The van der Waals surface area contributed by atoms with Crippen LogP contribution in [0.3, 0.4) is 0 Å². The first-order chi connectivity index (χ1) is 14.1. The molecule has 2 heterocycles. The van der Waals surface area contributed by atoms with Crippen molar-refractivity contribution in [2.24, 2.45) is 5.73 Å². The molecule has 3 aromatic rings. The molecule has 1 unspecified atom stereocenters. The summed E-state index contributed by atoms with van der Waals surface area (Å²) in [4.78, 5) is 23.7. The largest absolute Gasteiger partial charge is 0.382 e. The first-order valence-electron chi connectivity index (χ1n) is 9.12. The van der Waals surface area contributed by atoms with Crippen LogP contribution in [0.1, 0.15) is 22.3 Å². The fourth-order valence-electron chi connectivity index (χ4n) is 2.84. The number of carbonyl (C=O) groups is 1. The smallest absolute Gasteiger partial charge is 0.248 e. The molecule has 0 bridgehead atoms. The molecule has 0 saturated carbocycles. The topological polar surface area (TPSA) is 134 Å². The summed E-state index contributed by atoms with van der Waals surface area (Å²) in [7, 11) is 1.68. The van der Waals surface area contributed by atoms with E-state index in [4.69, 9.17) is 16.2 Å². The van der Waals surface area contributed by atoms with Gasteiger partial charge in [-0.15, -0.1) is 0 Å². The van der Waals surface area contributed by atoms with Crippen molar-refractivity contribution in [3.63, 3.8) is 0 Å². The molecule has 0 spiro atoms. The van der Waals surface area contributed by atoms with Crippen LogP contribution in [0.5, 0.6) is 0 Å². The summed E-state index contributed by atoms with van der Waals surface area (Å²) in [6.07, 6.45) is 3.92. The Balaban J connectivity index is 1.48. The molecule has 1 aromatic carbocycles. The molecule has 9 heteroatoms. The number of anilines is 1. The molecule has 0 fully saturated rings. The Morgan fingerprint density at radius 1 is 1.34 bits per heavy atom. The average Bonchev–Trinajstić information content (AvgIpc) is 3.14. The minimum Gasteiger partial charge on any atom is -0.382 e. The van der Waals surface area contributed by atoms with E-state index in [2.05, 4.69) is 32.1 Å². The third-order valence-corrected chi connectivity index (χ3v) is 4.42. The molecule has 0 radical (unpaired) electrons. The second-order valence-corrected chi connectivity index (χ2v) is 6.39. The number of nitrogens with two attached hydrogens (primary N) is 2. The predicted octanol–water partition coefficient (Wildman–Crippen LogP) is 0.554. The number of aromatic nitrogens is 4. The number of aryl methyl sites for hydroxylation is 1. The molecule has 2 aromatic heterocycles. The number of nitrogens with one attached hydrogen (secondary N) is 1. The summed E-state index contributed by atoms with van der Waals surface area (Å²) in [5, 5.41) is 3.26. The van der Waals surface area contributed by atoms with E-state index < -0.39 is 5.91 Å². The summed E-state index contributed by atoms with van der Waals surface area (Å²) in [6.45, 7) is 1.84. The highest BCUT2D eigenvalue weighted by atomic mass is 16.5. The van der Waals surface area contributed by atoms with Gasteiger partial charge in [-0.25, -0.2) is 15.0 Å². The number of imidazole rings is 1. The zero-order chi connectivity index (χ0) is 20.6. The number of ether oxygens (including phenoxy) is 1. The maximum Gasteiger partial charge on any atom is 0.248 e. The standard InChI is InChI=1S/C20H23N7O2/c1-29-16(7-9-27-13-26-17-18(21)24-12-25-20(17)27)11-23-8-3-5-14-4-2-6-15(10-14)19(22)28/h2,4,6,10,12-13,16,23H,7-9,11H2,1H3,(H2,22,28)(H2,21,24,25). The van der Waals surface area contributed by atoms with Gasteiger partial charge in [-0.3, -0.25) is 4.79 Å². The fraction of sp³-hybridized carbons (Fsp3) is 0.300. The number of nitrogen functional groups attached to an aromatic ring is 1. The van der Waals surface area contributed by atoms with Crippen molar-refractivity contribution in [1.29, 1.82) is 0 Å². The second kappa shape index (κ2) is 9.64. The number of benzene rings is 1. The van der Waals surface area contributed by atoms with Gasteiger partial charge in [0.25, 0.3) is 0 Å². The van der Waals surface area contributed by atoms with Gasteiger partial charge < -0.3 is 26.1 Å². The van der Waals surface area contributed by atoms with E-state index in [1.807, 2.05) is 10.6 Å². The number of carbonyl (C=O) groups excluding carboxylic acids is 1. The monoisotopic (exact) mass is 393 g/mol. The second-order valence-electron chi connectivity index (χ2n) is 6.39. The lowest BCUT2D eigenvalue weighted by Gasteiger charge is -2.15. The van der Waals surface area contributed by atoms with E-state index in [0.717, 1.165) is 12.0 Å². The number of rotatable bonds is 8. The van der Waals surface area contributed by atoms with Gasteiger partial charge >= 0.3 is 0 Å². The highest BCUT2D eigenvalue weighted by molar-refractivity contribution is 5.93. The van der Waals surface area contributed by atoms with Gasteiger partial charge in [-0.05, 0) is 24.6 Å². The molecular formula is C20H23N7O2. The Morgan fingerprint density at radius 3 is 3.00 bits per heavy atom. The minimum absolute atomic E-state index is 0.00613. The van der Waals surface area contributed by atoms with E-state index >= 15 is 0 Å². The van der Waals surface area contributed by atoms with Gasteiger partial charge in [-0.1, -0.05) is 17.9 Å². The van der Waals surface area contributed by atoms with Gasteiger partial charge in [0, 0.05) is 31.3 Å². The van der Waals surface area contributed by atoms with Crippen LogP contribution >= 0.6 is 0 Å². The van der Waals surface area contributed by atoms with Crippen molar-refractivity contribution in [2.75, 3.05) is 25.9 Å². The van der Waals surface area contributed by atoms with E-state index in [0.29, 0.717) is 42.2 Å². The van der Waals surface area contributed by atoms with Crippen LogP contribution in [-0.4, -0.2) is 51.7 Å². The highest BCUT2D eigenvalue weighted by Gasteiger charge is 2.11. The Kier molecular flexibility index (Phi) is 6.73. The van der Waals surface area contributed by atoms with Gasteiger partial charge in [0.1, 0.15) is 11.8 Å². The van der Waals surface area contributed by atoms with Crippen molar-refractivity contribution in [3.05, 3.63) is 48.0 Å². The molecule has 0 saturated heterocycles. The van der Waals surface area contributed by atoms with Crippen molar-refractivity contribution in [3.8, 4) is 11.8 Å². The maximum absolute atomic E-state index is 11.2. The Hall–Kier alpha value is -3.48. The van der Waals surface area contributed by atoms with Crippen LogP contribution in [0.4, 0.5) is 5.82 Å². The van der Waals surface area contributed by atoms with Crippen molar-refractivity contribution in [1.82, 2.24) is 24.8 Å². The van der Waals surface area contributed by atoms with Gasteiger partial charge in [0.05, 0.1) is 19.0 Å². The van der Waals surface area contributed by atoms with Crippen molar-refractivity contribution >= 4 is 22.9 Å². The number of amides is 1. The zero-order valence-electron chi connectivity index (χ0n) is 16.1. The number of primary amides is 1. The first-order valence-corrected chi connectivity index (χ1v) is 9.12. The van der Waals surface area contributed by atoms with Crippen LogP contribution < -0.4 is 16.8 Å². The molecule has 1 atom stereocenters. The lowest BCUT2D eigenvalue weighted by Crippen LogP contribution is -2.29. The van der Waals surface area contributed by atoms with Crippen LogP contribution in [0.25, 0.3) is 11.2 Å². The zero-order valence-corrected chi connectivity index (χ0v) is 16.1. The fourth-order valence-corrected chi connectivity index (χ4v) is 2.84. The van der Waals surface area contributed by atoms with Crippen LogP contribution in [-0.2, 0) is 11.3 Å². The first kappa shape index (κ1) is 20.3. The molecular weight excluding hydrogens is 370 g/mol. The lowest BCUT2D eigenvalue weighted by atomic mass is 10.1. The molecule has 0 aliphatic rings. The molecule has 29 heavy (non-hydrogen) atoms. The quantitative estimate of drug-likeness (QED) is 0.376. The van der Waals surface area contributed by atoms with Gasteiger partial charge in [-0.2, -0.15) is 0 Å². The Bertz CT molecular complexity index is 1050.